The van der Waals surface area contributed by atoms with E-state index in [-0.39, 0.29) is 11.8 Å². The van der Waals surface area contributed by atoms with Crippen LogP contribution in [0, 0.1) is 6.92 Å². The van der Waals surface area contributed by atoms with Gasteiger partial charge in [-0.25, -0.2) is 4.79 Å². The van der Waals surface area contributed by atoms with Gasteiger partial charge in [0.25, 0.3) is 0 Å². The minimum absolute atomic E-state index is 0.0582. The molecule has 130 valence electrons. The molecule has 5 nitrogen and oxygen atoms in total. The number of urea groups is 1. The van der Waals surface area contributed by atoms with Crippen LogP contribution < -0.4 is 10.2 Å². The molecule has 0 aliphatic carbocycles. The van der Waals surface area contributed by atoms with Crippen molar-refractivity contribution < 1.29 is 9.59 Å². The Morgan fingerprint density at radius 3 is 2.24 bits per heavy atom. The number of carbonyl (C=O) groups is 2. The number of benzene rings is 2. The fourth-order valence-corrected chi connectivity index (χ4v) is 3.00. The Morgan fingerprint density at radius 2 is 1.64 bits per heavy atom. The average molecular weight is 337 g/mol. The van der Waals surface area contributed by atoms with Gasteiger partial charge < -0.3 is 15.1 Å². The van der Waals surface area contributed by atoms with Crippen LogP contribution in [-0.4, -0.2) is 42.9 Å². The number of Topliss-reactive ketones (excluding diaryl/α,β-unsaturated/α-hetero) is 1. The van der Waals surface area contributed by atoms with Gasteiger partial charge in [-0.2, -0.15) is 0 Å². The van der Waals surface area contributed by atoms with Gasteiger partial charge in [-0.3, -0.25) is 4.79 Å². The van der Waals surface area contributed by atoms with E-state index in [1.807, 2.05) is 60.4 Å². The van der Waals surface area contributed by atoms with E-state index in [1.54, 1.807) is 6.92 Å². The molecule has 0 saturated carbocycles. The van der Waals surface area contributed by atoms with Gasteiger partial charge in [-0.1, -0.05) is 12.1 Å². The highest BCUT2D eigenvalue weighted by molar-refractivity contribution is 5.94. The normalized spacial score (nSPS) is 14.3. The summed E-state index contributed by atoms with van der Waals surface area (Å²) >= 11 is 0. The quantitative estimate of drug-likeness (QED) is 0.872. The summed E-state index contributed by atoms with van der Waals surface area (Å²) in [6, 6.07) is 15.4. The fourth-order valence-electron chi connectivity index (χ4n) is 3.00. The first-order valence-corrected chi connectivity index (χ1v) is 8.51. The number of aryl methyl sites for hydroxylation is 1. The number of nitrogens with zero attached hydrogens (tertiary/aromatic N) is 2. The standard InChI is InChI=1S/C20H23N3O2/c1-15-4-3-5-18(14-15)21-20(25)23-12-10-22(11-13-23)19-8-6-17(7-9-19)16(2)24/h3-9,14H,10-13H2,1-2H3,(H,21,25). The molecule has 1 saturated heterocycles. The summed E-state index contributed by atoms with van der Waals surface area (Å²) in [4.78, 5) is 27.8. The Labute approximate surface area is 148 Å². The van der Waals surface area contributed by atoms with Gasteiger partial charge in [0.15, 0.2) is 5.78 Å². The van der Waals surface area contributed by atoms with E-state index >= 15 is 0 Å². The third-order valence-electron chi connectivity index (χ3n) is 4.48. The van der Waals surface area contributed by atoms with E-state index in [9.17, 15) is 9.59 Å². The van der Waals surface area contributed by atoms with Crippen molar-refractivity contribution in [2.75, 3.05) is 36.4 Å². The molecule has 1 aliphatic rings. The van der Waals surface area contributed by atoms with Crippen molar-refractivity contribution >= 4 is 23.2 Å². The van der Waals surface area contributed by atoms with E-state index in [4.69, 9.17) is 0 Å². The third kappa shape index (κ3) is 4.18. The lowest BCUT2D eigenvalue weighted by Crippen LogP contribution is -2.50. The predicted molar refractivity (Wildman–Crippen MR) is 100 cm³/mol. The molecule has 1 heterocycles. The van der Waals surface area contributed by atoms with Crippen molar-refractivity contribution in [3.05, 3.63) is 59.7 Å². The van der Waals surface area contributed by atoms with Crippen molar-refractivity contribution in [3.8, 4) is 0 Å². The Kier molecular flexibility index (Phi) is 5.03. The summed E-state index contributed by atoms with van der Waals surface area (Å²) in [7, 11) is 0. The molecular formula is C20H23N3O2. The van der Waals surface area contributed by atoms with Crippen LogP contribution in [0.3, 0.4) is 0 Å². The molecular weight excluding hydrogens is 314 g/mol. The monoisotopic (exact) mass is 337 g/mol. The van der Waals surface area contributed by atoms with Crippen LogP contribution in [0.15, 0.2) is 48.5 Å². The largest absolute Gasteiger partial charge is 0.368 e. The van der Waals surface area contributed by atoms with Crippen LogP contribution in [0.1, 0.15) is 22.8 Å². The molecule has 5 heteroatoms. The van der Waals surface area contributed by atoms with Crippen molar-refractivity contribution in [2.24, 2.45) is 0 Å². The molecule has 0 bridgehead atoms. The molecule has 2 amide bonds. The number of piperazine rings is 1. The molecule has 1 aliphatic heterocycles. The van der Waals surface area contributed by atoms with Crippen LogP contribution in [0.4, 0.5) is 16.2 Å². The zero-order valence-corrected chi connectivity index (χ0v) is 14.7. The number of rotatable bonds is 3. The van der Waals surface area contributed by atoms with Gasteiger partial charge >= 0.3 is 6.03 Å². The van der Waals surface area contributed by atoms with Gasteiger partial charge in [0, 0.05) is 43.1 Å². The highest BCUT2D eigenvalue weighted by Gasteiger charge is 2.21. The number of carbonyl (C=O) groups excluding carboxylic acids is 2. The second-order valence-corrected chi connectivity index (χ2v) is 6.38. The zero-order chi connectivity index (χ0) is 17.8. The van der Waals surface area contributed by atoms with Crippen LogP contribution in [0.25, 0.3) is 0 Å². The Morgan fingerprint density at radius 1 is 0.960 bits per heavy atom. The van der Waals surface area contributed by atoms with Crippen LogP contribution in [-0.2, 0) is 0 Å². The number of hydrogen-bond acceptors (Lipinski definition) is 3. The number of anilines is 2. The number of nitrogens with one attached hydrogen (secondary N) is 1. The molecule has 2 aromatic rings. The molecule has 25 heavy (non-hydrogen) atoms. The van der Waals surface area contributed by atoms with Crippen molar-refractivity contribution in [3.63, 3.8) is 0 Å². The first kappa shape index (κ1) is 17.0. The van der Waals surface area contributed by atoms with Crippen LogP contribution in [0.2, 0.25) is 0 Å². The molecule has 0 unspecified atom stereocenters. The first-order valence-electron chi connectivity index (χ1n) is 8.51. The molecule has 0 aromatic heterocycles. The van der Waals surface area contributed by atoms with Crippen molar-refractivity contribution in [2.45, 2.75) is 13.8 Å². The minimum Gasteiger partial charge on any atom is -0.368 e. The molecule has 0 radical (unpaired) electrons. The van der Waals surface area contributed by atoms with Gasteiger partial charge in [0.1, 0.15) is 0 Å². The van der Waals surface area contributed by atoms with E-state index in [0.717, 1.165) is 35.6 Å². The maximum absolute atomic E-state index is 12.4. The summed E-state index contributed by atoms with van der Waals surface area (Å²) in [5.74, 6) is 0.0733. The van der Waals surface area contributed by atoms with Gasteiger partial charge in [-0.15, -0.1) is 0 Å². The van der Waals surface area contributed by atoms with E-state index < -0.39 is 0 Å². The Balaban J connectivity index is 1.56. The lowest BCUT2D eigenvalue weighted by Gasteiger charge is -2.36. The number of ketones is 1. The van der Waals surface area contributed by atoms with Gasteiger partial charge in [0.05, 0.1) is 0 Å². The minimum atomic E-state index is -0.0582. The topological polar surface area (TPSA) is 52.7 Å². The highest BCUT2D eigenvalue weighted by Crippen LogP contribution is 2.18. The SMILES string of the molecule is CC(=O)c1ccc(N2CCN(C(=O)Nc3cccc(C)c3)CC2)cc1. The molecule has 3 rings (SSSR count). The van der Waals surface area contributed by atoms with Crippen molar-refractivity contribution in [1.82, 2.24) is 4.90 Å². The molecule has 1 fully saturated rings. The number of amides is 2. The second-order valence-electron chi connectivity index (χ2n) is 6.38. The smallest absolute Gasteiger partial charge is 0.321 e. The Hall–Kier alpha value is -2.82. The first-order chi connectivity index (χ1) is 12.0. The fraction of sp³-hybridized carbons (Fsp3) is 0.300. The Bertz CT molecular complexity index is 763. The van der Waals surface area contributed by atoms with Gasteiger partial charge in [-0.05, 0) is 55.8 Å². The summed E-state index contributed by atoms with van der Waals surface area (Å²) in [5.41, 5.74) is 3.76. The van der Waals surface area contributed by atoms with E-state index in [0.29, 0.717) is 13.1 Å². The summed E-state index contributed by atoms with van der Waals surface area (Å²) in [6.07, 6.45) is 0. The molecule has 0 atom stereocenters. The molecule has 1 N–H and O–H groups in total. The molecule has 0 spiro atoms. The summed E-state index contributed by atoms with van der Waals surface area (Å²) in [5, 5.41) is 2.96. The molecule has 2 aromatic carbocycles. The summed E-state index contributed by atoms with van der Waals surface area (Å²) < 4.78 is 0. The third-order valence-corrected chi connectivity index (χ3v) is 4.48. The lowest BCUT2D eigenvalue weighted by molar-refractivity contribution is 0.101. The maximum atomic E-state index is 12.4. The average Bonchev–Trinajstić information content (AvgIpc) is 2.62. The van der Waals surface area contributed by atoms with Crippen LogP contribution >= 0.6 is 0 Å². The number of hydrogen-bond donors (Lipinski definition) is 1. The van der Waals surface area contributed by atoms with E-state index in [1.165, 1.54) is 0 Å². The zero-order valence-electron chi connectivity index (χ0n) is 14.7. The summed E-state index contributed by atoms with van der Waals surface area (Å²) in [6.45, 7) is 6.48. The van der Waals surface area contributed by atoms with Crippen LogP contribution in [0.5, 0.6) is 0 Å². The highest BCUT2D eigenvalue weighted by atomic mass is 16.2. The predicted octanol–water partition coefficient (Wildman–Crippen LogP) is 3.55. The lowest BCUT2D eigenvalue weighted by atomic mass is 10.1. The second kappa shape index (κ2) is 7.38. The van der Waals surface area contributed by atoms with E-state index in [2.05, 4.69) is 10.2 Å². The van der Waals surface area contributed by atoms with Crippen molar-refractivity contribution in [1.29, 1.82) is 0 Å². The van der Waals surface area contributed by atoms with Gasteiger partial charge in [0.2, 0.25) is 0 Å². The maximum Gasteiger partial charge on any atom is 0.321 e.